The summed E-state index contributed by atoms with van der Waals surface area (Å²) >= 11 is 0. The van der Waals surface area contributed by atoms with E-state index in [1.54, 1.807) is 24.3 Å². The van der Waals surface area contributed by atoms with Crippen molar-refractivity contribution in [2.24, 2.45) is 0 Å². The first-order valence-electron chi connectivity index (χ1n) is 8.87. The maximum absolute atomic E-state index is 11.2. The van der Waals surface area contributed by atoms with Crippen molar-refractivity contribution in [3.63, 3.8) is 0 Å². The van der Waals surface area contributed by atoms with E-state index in [0.29, 0.717) is 36.8 Å². The van der Waals surface area contributed by atoms with E-state index in [9.17, 15) is 15.4 Å². The molecule has 4 N–H and O–H groups in total. The molecule has 0 radical (unpaired) electrons. The minimum absolute atomic E-state index is 0.140. The highest BCUT2D eigenvalue weighted by Crippen LogP contribution is 2.34. The van der Waals surface area contributed by atoms with Crippen LogP contribution in [-0.4, -0.2) is 43.1 Å². The van der Waals surface area contributed by atoms with Crippen LogP contribution in [0.2, 0.25) is 0 Å². The summed E-state index contributed by atoms with van der Waals surface area (Å²) in [5, 5.41) is 43.4. The van der Waals surface area contributed by atoms with Gasteiger partial charge in [0.05, 0.1) is 12.1 Å². The summed E-state index contributed by atoms with van der Waals surface area (Å²) in [6.45, 7) is 0.853. The van der Waals surface area contributed by atoms with E-state index >= 15 is 0 Å². The summed E-state index contributed by atoms with van der Waals surface area (Å²) in [6, 6.07) is 13.1. The summed E-state index contributed by atoms with van der Waals surface area (Å²) < 4.78 is 5.43. The highest BCUT2D eigenvalue weighted by Gasteiger charge is 2.36. The Hall–Kier alpha value is -2.82. The van der Waals surface area contributed by atoms with Crippen LogP contribution in [0.15, 0.2) is 53.1 Å². The summed E-state index contributed by atoms with van der Waals surface area (Å²) in [4.78, 5) is 6.40. The molecular weight excluding hydrogens is 364 g/mol. The van der Waals surface area contributed by atoms with Gasteiger partial charge in [0, 0.05) is 36.3 Å². The number of likely N-dealkylation sites (tertiary alicyclic amines) is 1. The molecule has 4 rings (SSSR count). The minimum Gasteiger partial charge on any atom is -0.595 e. The van der Waals surface area contributed by atoms with Crippen molar-refractivity contribution < 1.29 is 25.2 Å². The van der Waals surface area contributed by atoms with Crippen LogP contribution in [0.1, 0.15) is 23.9 Å². The number of hydrogen-bond acceptors (Lipinski definition) is 8. The van der Waals surface area contributed by atoms with Gasteiger partial charge in [0.25, 0.3) is 0 Å². The lowest BCUT2D eigenvalue weighted by molar-refractivity contribution is -0.991. The Morgan fingerprint density at radius 3 is 2.82 bits per heavy atom. The lowest BCUT2D eigenvalue weighted by Crippen LogP contribution is -2.99. The number of nitrogens with one attached hydrogen (secondary N) is 1. The van der Waals surface area contributed by atoms with Gasteiger partial charge in [-0.25, -0.2) is 5.21 Å². The fraction of sp³-hybridized carbons (Fsp3) is 0.263. The van der Waals surface area contributed by atoms with Gasteiger partial charge in [-0.15, -0.1) is 0 Å². The van der Waals surface area contributed by atoms with Crippen LogP contribution in [0.5, 0.6) is 5.75 Å². The molecule has 1 aromatic heterocycles. The zero-order chi connectivity index (χ0) is 19.7. The number of aromatic nitrogens is 2. The molecule has 9 heteroatoms. The number of hydrogen-bond donors (Lipinski definition) is 4. The molecule has 1 aliphatic heterocycles. The van der Waals surface area contributed by atoms with Crippen molar-refractivity contribution in [3.05, 3.63) is 65.2 Å². The minimum atomic E-state index is -1.03. The quantitative estimate of drug-likeness (QED) is 0.482. The Morgan fingerprint density at radius 2 is 2.04 bits per heavy atom. The van der Waals surface area contributed by atoms with Crippen LogP contribution in [0.3, 0.4) is 0 Å². The van der Waals surface area contributed by atoms with E-state index in [1.165, 1.54) is 12.1 Å². The van der Waals surface area contributed by atoms with Crippen LogP contribution in [-0.2, 0) is 6.54 Å². The van der Waals surface area contributed by atoms with Gasteiger partial charge in [-0.1, -0.05) is 35.5 Å². The van der Waals surface area contributed by atoms with Crippen molar-refractivity contribution in [2.75, 3.05) is 6.54 Å². The molecule has 2 heterocycles. The zero-order valence-corrected chi connectivity index (χ0v) is 14.9. The molecule has 3 unspecified atom stereocenters. The number of aliphatic hydroxyl groups is 1. The molecule has 146 valence electrons. The SMILES string of the molecule is [O-][NH+](O)c1cccc(-c2noc(C3CC(O)CN3Cc3ccccc3O)n2)c1. The number of aromatic hydroxyl groups is 1. The topological polar surface area (TPSA) is 130 Å². The first-order valence-corrected chi connectivity index (χ1v) is 8.87. The second-order valence-electron chi connectivity index (χ2n) is 6.81. The van der Waals surface area contributed by atoms with E-state index in [4.69, 9.17) is 9.73 Å². The lowest BCUT2D eigenvalue weighted by atomic mass is 10.1. The van der Waals surface area contributed by atoms with Crippen molar-refractivity contribution in [1.29, 1.82) is 0 Å². The highest BCUT2D eigenvalue weighted by molar-refractivity contribution is 5.58. The monoisotopic (exact) mass is 384 g/mol. The zero-order valence-electron chi connectivity index (χ0n) is 14.9. The van der Waals surface area contributed by atoms with Gasteiger partial charge in [-0.05, 0) is 12.5 Å². The van der Waals surface area contributed by atoms with Gasteiger partial charge < -0.3 is 19.9 Å². The Kier molecular flexibility index (Phi) is 5.07. The molecule has 1 aliphatic rings. The number of quaternary nitrogens is 1. The predicted molar refractivity (Wildman–Crippen MR) is 97.4 cm³/mol. The molecule has 0 bridgehead atoms. The molecule has 1 fully saturated rings. The highest BCUT2D eigenvalue weighted by atomic mass is 16.8. The summed E-state index contributed by atoms with van der Waals surface area (Å²) in [5.41, 5.74) is 1.43. The molecule has 0 spiro atoms. The van der Waals surface area contributed by atoms with Crippen LogP contribution in [0, 0.1) is 5.21 Å². The standard InChI is InChI=1S/C19H20N4O5/c24-15-9-16(22(11-15)10-13-4-1-2-7-17(13)25)19-20-18(21-28-19)12-5-3-6-14(8-12)23(26)27/h1-8,15-16,23-26H,9-11H2. The Labute approximate surface area is 160 Å². The smallest absolute Gasteiger partial charge is 0.244 e. The van der Waals surface area contributed by atoms with Crippen molar-refractivity contribution in [1.82, 2.24) is 15.0 Å². The number of benzene rings is 2. The molecule has 3 atom stereocenters. The van der Waals surface area contributed by atoms with Gasteiger partial charge in [-0.3, -0.25) is 4.90 Å². The summed E-state index contributed by atoms with van der Waals surface area (Å²) in [5.74, 6) is 0.837. The number of nitrogens with zero attached hydrogens (tertiary/aromatic N) is 3. The number of β-amino-alcohol motifs (C(OH)–C–C–N with tert-alkyl or cyclic N) is 1. The Bertz CT molecular complexity index is 961. The third kappa shape index (κ3) is 3.75. The molecule has 0 saturated carbocycles. The first kappa shape index (κ1) is 18.5. The van der Waals surface area contributed by atoms with Crippen molar-refractivity contribution in [2.45, 2.75) is 25.1 Å². The third-order valence-electron chi connectivity index (χ3n) is 4.84. The number of phenolic OH excluding ortho intramolecular Hbond substituents is 1. The van der Waals surface area contributed by atoms with E-state index < -0.39 is 11.3 Å². The van der Waals surface area contributed by atoms with E-state index in [1.807, 2.05) is 17.0 Å². The maximum atomic E-state index is 11.2. The Morgan fingerprint density at radius 1 is 1.21 bits per heavy atom. The van der Waals surface area contributed by atoms with Crippen LogP contribution >= 0.6 is 0 Å². The van der Waals surface area contributed by atoms with Gasteiger partial charge in [-0.2, -0.15) is 10.2 Å². The van der Waals surface area contributed by atoms with Crippen molar-refractivity contribution >= 4 is 5.69 Å². The normalized spacial score (nSPS) is 21.1. The van der Waals surface area contributed by atoms with Crippen LogP contribution in [0.4, 0.5) is 5.69 Å². The molecule has 0 amide bonds. The largest absolute Gasteiger partial charge is 0.595 e. The molecule has 2 aromatic carbocycles. The number of phenols is 1. The van der Waals surface area contributed by atoms with Gasteiger partial charge in [0.1, 0.15) is 5.75 Å². The lowest BCUT2D eigenvalue weighted by Gasteiger charge is -2.21. The molecule has 9 nitrogen and oxygen atoms in total. The molecular formula is C19H20N4O5. The maximum Gasteiger partial charge on any atom is 0.244 e. The number of para-hydroxylation sites is 1. The fourth-order valence-electron chi connectivity index (χ4n) is 3.45. The summed E-state index contributed by atoms with van der Waals surface area (Å²) in [7, 11) is 0. The summed E-state index contributed by atoms with van der Waals surface area (Å²) in [6.07, 6.45) is -0.105. The first-order chi connectivity index (χ1) is 13.5. The van der Waals surface area contributed by atoms with Gasteiger partial charge in [0.2, 0.25) is 11.7 Å². The average molecular weight is 384 g/mol. The second kappa shape index (κ2) is 7.66. The van der Waals surface area contributed by atoms with E-state index in [-0.39, 0.29) is 17.5 Å². The molecule has 28 heavy (non-hydrogen) atoms. The number of aliphatic hydroxyl groups excluding tert-OH is 1. The molecule has 1 saturated heterocycles. The van der Waals surface area contributed by atoms with E-state index in [2.05, 4.69) is 10.1 Å². The van der Waals surface area contributed by atoms with Gasteiger partial charge in [0.15, 0.2) is 5.69 Å². The predicted octanol–water partition coefficient (Wildman–Crippen LogP) is 1.15. The molecule has 3 aromatic rings. The third-order valence-corrected chi connectivity index (χ3v) is 4.84. The average Bonchev–Trinajstić information content (AvgIpc) is 3.30. The Balaban J connectivity index is 1.58. The van der Waals surface area contributed by atoms with Crippen LogP contribution < -0.4 is 5.23 Å². The second-order valence-corrected chi connectivity index (χ2v) is 6.81. The fourth-order valence-corrected chi connectivity index (χ4v) is 3.45. The van der Waals surface area contributed by atoms with Gasteiger partial charge >= 0.3 is 0 Å². The van der Waals surface area contributed by atoms with Crippen molar-refractivity contribution in [3.8, 4) is 17.1 Å². The number of rotatable bonds is 5. The van der Waals surface area contributed by atoms with E-state index in [0.717, 1.165) is 5.56 Å². The molecule has 0 aliphatic carbocycles. The van der Waals surface area contributed by atoms with Crippen LogP contribution in [0.25, 0.3) is 11.4 Å².